The number of carbonyl (C=O) groups excluding carboxylic acids is 2. The Balaban J connectivity index is 1.46. The molecule has 1 fully saturated rings. The first-order valence-corrected chi connectivity index (χ1v) is 10.1. The average molecular weight is 386 g/mol. The molecule has 2 aliphatic rings. The van der Waals surface area contributed by atoms with Gasteiger partial charge in [-0.15, -0.1) is 11.3 Å². The predicted molar refractivity (Wildman–Crippen MR) is 102 cm³/mol. The molecule has 0 aliphatic carbocycles. The van der Waals surface area contributed by atoms with Crippen LogP contribution in [0.25, 0.3) is 0 Å². The van der Waals surface area contributed by atoms with E-state index >= 15 is 0 Å². The smallest absolute Gasteiger partial charge is 0.264 e. The summed E-state index contributed by atoms with van der Waals surface area (Å²) in [7, 11) is 0. The van der Waals surface area contributed by atoms with Crippen LogP contribution in [0.5, 0.6) is 11.5 Å². The molecule has 0 spiro atoms. The van der Waals surface area contributed by atoms with E-state index in [-0.39, 0.29) is 24.6 Å². The number of hydrogen-bond acceptors (Lipinski definition) is 5. The van der Waals surface area contributed by atoms with Gasteiger partial charge in [0.15, 0.2) is 11.5 Å². The van der Waals surface area contributed by atoms with Crippen LogP contribution in [0.3, 0.4) is 0 Å². The number of ether oxygens (including phenoxy) is 2. The van der Waals surface area contributed by atoms with E-state index < -0.39 is 6.04 Å². The molecule has 0 saturated carbocycles. The van der Waals surface area contributed by atoms with E-state index in [4.69, 9.17) is 9.47 Å². The van der Waals surface area contributed by atoms with Crippen molar-refractivity contribution >= 4 is 23.2 Å². The zero-order valence-corrected chi connectivity index (χ0v) is 16.0. The molecular weight excluding hydrogens is 364 g/mol. The van der Waals surface area contributed by atoms with E-state index in [9.17, 15) is 9.59 Å². The molecule has 7 heteroatoms. The van der Waals surface area contributed by atoms with Crippen molar-refractivity contribution in [2.75, 3.05) is 13.3 Å². The molecular formula is C20H22N2O4S. The van der Waals surface area contributed by atoms with Crippen molar-refractivity contribution in [2.24, 2.45) is 0 Å². The van der Waals surface area contributed by atoms with Crippen molar-refractivity contribution < 1.29 is 19.1 Å². The molecule has 1 aromatic carbocycles. The number of carbonyl (C=O) groups is 2. The lowest BCUT2D eigenvalue weighted by molar-refractivity contribution is -0.127. The van der Waals surface area contributed by atoms with Crippen molar-refractivity contribution in [3.8, 4) is 11.5 Å². The first kappa shape index (κ1) is 17.9. The molecule has 1 N–H and O–H groups in total. The number of rotatable bonds is 4. The summed E-state index contributed by atoms with van der Waals surface area (Å²) in [6.45, 7) is 2.78. The minimum atomic E-state index is -0.426. The number of nitrogens with one attached hydrogen (secondary N) is 1. The van der Waals surface area contributed by atoms with E-state index in [0.717, 1.165) is 24.2 Å². The van der Waals surface area contributed by atoms with Crippen LogP contribution in [-0.4, -0.2) is 36.1 Å². The van der Waals surface area contributed by atoms with Gasteiger partial charge in [-0.05, 0) is 55.3 Å². The molecule has 2 amide bonds. The highest BCUT2D eigenvalue weighted by Gasteiger charge is 2.33. The lowest BCUT2D eigenvalue weighted by atomic mass is 10.00. The second-order valence-corrected chi connectivity index (χ2v) is 7.78. The summed E-state index contributed by atoms with van der Waals surface area (Å²) in [4.78, 5) is 28.1. The Morgan fingerprint density at radius 1 is 1.22 bits per heavy atom. The van der Waals surface area contributed by atoms with Gasteiger partial charge in [0, 0.05) is 6.54 Å². The summed E-state index contributed by atoms with van der Waals surface area (Å²) in [6, 6.07) is 8.73. The first-order valence-electron chi connectivity index (χ1n) is 9.18. The molecule has 2 aromatic rings. The zero-order chi connectivity index (χ0) is 18.8. The van der Waals surface area contributed by atoms with Crippen molar-refractivity contribution in [3.63, 3.8) is 0 Å². The minimum Gasteiger partial charge on any atom is -0.454 e. The number of hydrogen-bond donors (Lipinski definition) is 1. The second kappa shape index (κ2) is 7.60. The van der Waals surface area contributed by atoms with E-state index in [2.05, 4.69) is 5.32 Å². The average Bonchev–Trinajstić information content (AvgIpc) is 3.38. The molecule has 27 heavy (non-hydrogen) atoms. The fraction of sp³-hybridized carbons (Fsp3) is 0.400. The van der Waals surface area contributed by atoms with Crippen molar-refractivity contribution in [3.05, 3.63) is 46.2 Å². The maximum Gasteiger partial charge on any atom is 0.264 e. The van der Waals surface area contributed by atoms with E-state index in [0.29, 0.717) is 23.6 Å². The number of piperidine rings is 1. The van der Waals surface area contributed by atoms with Crippen LogP contribution in [0.4, 0.5) is 0 Å². The highest BCUT2D eigenvalue weighted by Crippen LogP contribution is 2.34. The second-order valence-electron chi connectivity index (χ2n) is 6.83. The molecule has 142 valence electrons. The van der Waals surface area contributed by atoms with E-state index in [1.165, 1.54) is 11.3 Å². The monoisotopic (exact) mass is 386 g/mol. The summed E-state index contributed by atoms with van der Waals surface area (Å²) in [5, 5.41) is 4.94. The number of nitrogens with zero attached hydrogens (tertiary/aromatic N) is 1. The normalized spacial score (nSPS) is 19.6. The van der Waals surface area contributed by atoms with E-state index in [1.807, 2.05) is 42.6 Å². The standard InChI is InChI=1S/C20H22N2O4S/c1-13(14-7-8-16-17(11-14)26-12-25-16)21-19(23)15-5-2-3-9-22(15)20(24)18-6-4-10-27-18/h4,6-8,10-11,13,15H,2-3,5,9,12H2,1H3,(H,21,23). The van der Waals surface area contributed by atoms with Gasteiger partial charge in [0.05, 0.1) is 10.9 Å². The largest absolute Gasteiger partial charge is 0.454 e. The van der Waals surface area contributed by atoms with Crippen LogP contribution in [0.2, 0.25) is 0 Å². The summed E-state index contributed by atoms with van der Waals surface area (Å²) in [5.41, 5.74) is 0.944. The van der Waals surface area contributed by atoms with Crippen molar-refractivity contribution in [1.82, 2.24) is 10.2 Å². The zero-order valence-electron chi connectivity index (χ0n) is 15.1. The number of thiophene rings is 1. The molecule has 0 radical (unpaired) electrons. The summed E-state index contributed by atoms with van der Waals surface area (Å²) < 4.78 is 10.7. The number of fused-ring (bicyclic) bond motifs is 1. The lowest BCUT2D eigenvalue weighted by Gasteiger charge is -2.35. The van der Waals surface area contributed by atoms with Gasteiger partial charge in [0.2, 0.25) is 12.7 Å². The van der Waals surface area contributed by atoms with Crippen molar-refractivity contribution in [2.45, 2.75) is 38.3 Å². The third kappa shape index (κ3) is 3.64. The van der Waals surface area contributed by atoms with Gasteiger partial charge in [-0.3, -0.25) is 9.59 Å². The number of amides is 2. The van der Waals surface area contributed by atoms with Crippen LogP contribution in [-0.2, 0) is 4.79 Å². The molecule has 3 heterocycles. The fourth-order valence-corrected chi connectivity index (χ4v) is 4.24. The van der Waals surface area contributed by atoms with Gasteiger partial charge in [0.25, 0.3) is 5.91 Å². The van der Waals surface area contributed by atoms with Crippen LogP contribution < -0.4 is 14.8 Å². The van der Waals surface area contributed by atoms with Crippen LogP contribution >= 0.6 is 11.3 Å². The van der Waals surface area contributed by atoms with Gasteiger partial charge < -0.3 is 19.7 Å². The quantitative estimate of drug-likeness (QED) is 0.875. The van der Waals surface area contributed by atoms with Gasteiger partial charge in [0.1, 0.15) is 6.04 Å². The molecule has 2 unspecified atom stereocenters. The molecule has 2 aliphatic heterocycles. The number of likely N-dealkylation sites (tertiary alicyclic amines) is 1. The highest BCUT2D eigenvalue weighted by molar-refractivity contribution is 7.12. The van der Waals surface area contributed by atoms with Gasteiger partial charge in [-0.1, -0.05) is 12.1 Å². The van der Waals surface area contributed by atoms with Crippen LogP contribution in [0.1, 0.15) is 47.5 Å². The first-order chi connectivity index (χ1) is 13.1. The SMILES string of the molecule is CC(NC(=O)C1CCCCN1C(=O)c1cccs1)c1ccc2c(c1)OCO2. The maximum absolute atomic E-state index is 12.9. The van der Waals surface area contributed by atoms with Gasteiger partial charge in [-0.25, -0.2) is 0 Å². The summed E-state index contributed by atoms with van der Waals surface area (Å²) in [5.74, 6) is 1.25. The topological polar surface area (TPSA) is 67.9 Å². The third-order valence-electron chi connectivity index (χ3n) is 5.05. The molecule has 2 atom stereocenters. The molecule has 1 saturated heterocycles. The summed E-state index contributed by atoms with van der Waals surface area (Å²) in [6.07, 6.45) is 2.57. The highest BCUT2D eigenvalue weighted by atomic mass is 32.1. The summed E-state index contributed by atoms with van der Waals surface area (Å²) >= 11 is 1.41. The Morgan fingerprint density at radius 3 is 2.89 bits per heavy atom. The number of benzene rings is 1. The van der Waals surface area contributed by atoms with Gasteiger partial charge in [-0.2, -0.15) is 0 Å². The third-order valence-corrected chi connectivity index (χ3v) is 5.91. The Kier molecular flexibility index (Phi) is 5.03. The maximum atomic E-state index is 12.9. The van der Waals surface area contributed by atoms with Crippen molar-refractivity contribution in [1.29, 1.82) is 0 Å². The fourth-order valence-electron chi connectivity index (χ4n) is 3.56. The Morgan fingerprint density at radius 2 is 2.07 bits per heavy atom. The molecule has 1 aromatic heterocycles. The Hall–Kier alpha value is -2.54. The lowest BCUT2D eigenvalue weighted by Crippen LogP contribution is -2.52. The molecule has 0 bridgehead atoms. The molecule has 6 nitrogen and oxygen atoms in total. The van der Waals surface area contributed by atoms with E-state index in [1.54, 1.807) is 4.90 Å². The minimum absolute atomic E-state index is 0.0550. The predicted octanol–water partition coefficient (Wildman–Crippen LogP) is 3.35. The van der Waals surface area contributed by atoms with Crippen LogP contribution in [0, 0.1) is 0 Å². The van der Waals surface area contributed by atoms with Gasteiger partial charge >= 0.3 is 0 Å². The van der Waals surface area contributed by atoms with Crippen LogP contribution in [0.15, 0.2) is 35.7 Å². The Labute approximate surface area is 162 Å². The Bertz CT molecular complexity index is 837. The molecule has 4 rings (SSSR count).